The molecule has 0 aliphatic carbocycles. The fraction of sp³-hybridized carbons (Fsp3) is 0.750. The summed E-state index contributed by atoms with van der Waals surface area (Å²) in [5.41, 5.74) is 5.29. The van der Waals surface area contributed by atoms with E-state index in [2.05, 4.69) is 10.5 Å². The van der Waals surface area contributed by atoms with Crippen LogP contribution in [0.1, 0.15) is 20.3 Å². The molecule has 0 heterocycles. The van der Waals surface area contributed by atoms with E-state index in [0.29, 0.717) is 13.0 Å². The first kappa shape index (κ1) is 12.5. The highest BCUT2D eigenvalue weighted by molar-refractivity contribution is 5.81. The van der Waals surface area contributed by atoms with E-state index in [1.54, 1.807) is 18.9 Å². The molecule has 0 aromatic carbocycles. The van der Waals surface area contributed by atoms with Crippen molar-refractivity contribution < 1.29 is 10.0 Å². The van der Waals surface area contributed by atoms with Crippen LogP contribution in [0.25, 0.3) is 0 Å². The fourth-order valence-corrected chi connectivity index (χ4v) is 0.870. The summed E-state index contributed by atoms with van der Waals surface area (Å²) in [4.78, 5) is 12.9. The van der Waals surface area contributed by atoms with Crippen LogP contribution >= 0.6 is 0 Å². The fourth-order valence-electron chi connectivity index (χ4n) is 0.870. The van der Waals surface area contributed by atoms with Crippen LogP contribution in [0.15, 0.2) is 5.16 Å². The second kappa shape index (κ2) is 6.06. The Morgan fingerprint density at radius 2 is 2.29 bits per heavy atom. The molecule has 0 saturated heterocycles. The average Bonchev–Trinajstić information content (AvgIpc) is 2.15. The topological polar surface area (TPSA) is 91.0 Å². The number of oxime groups is 1. The van der Waals surface area contributed by atoms with Gasteiger partial charge in [-0.25, -0.2) is 4.79 Å². The van der Waals surface area contributed by atoms with Gasteiger partial charge in [-0.2, -0.15) is 0 Å². The molecular formula is C8H18N4O2. The van der Waals surface area contributed by atoms with Gasteiger partial charge in [0.05, 0.1) is 0 Å². The van der Waals surface area contributed by atoms with Gasteiger partial charge in [0.1, 0.15) is 5.84 Å². The smallest absolute Gasteiger partial charge is 0.317 e. The van der Waals surface area contributed by atoms with Crippen LogP contribution in [-0.4, -0.2) is 41.6 Å². The minimum Gasteiger partial charge on any atom is -0.409 e. The van der Waals surface area contributed by atoms with Crippen molar-refractivity contribution in [2.45, 2.75) is 26.3 Å². The highest BCUT2D eigenvalue weighted by Gasteiger charge is 2.11. The zero-order valence-corrected chi connectivity index (χ0v) is 8.82. The third kappa shape index (κ3) is 4.54. The number of hydrogen-bond donors (Lipinski definition) is 3. The van der Waals surface area contributed by atoms with Crippen LogP contribution in [-0.2, 0) is 0 Å². The predicted molar refractivity (Wildman–Crippen MR) is 54.3 cm³/mol. The SMILES string of the molecule is CCN(C)C(=O)NC(C)CC(N)=NO. The molecule has 0 rings (SSSR count). The Morgan fingerprint density at radius 3 is 2.71 bits per heavy atom. The number of carbonyl (C=O) groups excluding carboxylic acids is 1. The van der Waals surface area contributed by atoms with E-state index >= 15 is 0 Å². The molecule has 0 aliphatic rings. The molecule has 82 valence electrons. The molecule has 0 bridgehead atoms. The number of hydrogen-bond acceptors (Lipinski definition) is 3. The van der Waals surface area contributed by atoms with Gasteiger partial charge in [-0.15, -0.1) is 0 Å². The lowest BCUT2D eigenvalue weighted by Gasteiger charge is -2.19. The summed E-state index contributed by atoms with van der Waals surface area (Å²) < 4.78 is 0. The van der Waals surface area contributed by atoms with E-state index in [1.807, 2.05) is 6.92 Å². The minimum atomic E-state index is -0.161. The van der Waals surface area contributed by atoms with Gasteiger partial charge in [-0.3, -0.25) is 0 Å². The van der Waals surface area contributed by atoms with Crippen molar-refractivity contribution in [3.63, 3.8) is 0 Å². The van der Waals surface area contributed by atoms with Gasteiger partial charge in [0.15, 0.2) is 0 Å². The van der Waals surface area contributed by atoms with Crippen molar-refractivity contribution in [1.29, 1.82) is 0 Å². The molecule has 0 saturated carbocycles. The molecule has 0 aromatic heterocycles. The largest absolute Gasteiger partial charge is 0.409 e. The molecule has 6 nitrogen and oxygen atoms in total. The maximum atomic E-state index is 11.3. The summed E-state index contributed by atoms with van der Waals surface area (Å²) in [7, 11) is 1.70. The Labute approximate surface area is 83.7 Å². The number of urea groups is 1. The van der Waals surface area contributed by atoms with Crippen LogP contribution in [0.2, 0.25) is 0 Å². The van der Waals surface area contributed by atoms with Crippen molar-refractivity contribution >= 4 is 11.9 Å². The molecule has 2 amide bonds. The zero-order chi connectivity index (χ0) is 11.1. The van der Waals surface area contributed by atoms with Gasteiger partial charge in [-0.05, 0) is 13.8 Å². The van der Waals surface area contributed by atoms with E-state index in [-0.39, 0.29) is 17.9 Å². The first-order valence-corrected chi connectivity index (χ1v) is 4.49. The van der Waals surface area contributed by atoms with Crippen molar-refractivity contribution in [3.8, 4) is 0 Å². The van der Waals surface area contributed by atoms with Crippen LogP contribution in [0.3, 0.4) is 0 Å². The minimum absolute atomic E-state index is 0.108. The van der Waals surface area contributed by atoms with Crippen molar-refractivity contribution in [1.82, 2.24) is 10.2 Å². The Bertz CT molecular complexity index is 217. The third-order valence-electron chi connectivity index (χ3n) is 1.83. The number of nitrogens with two attached hydrogens (primary N) is 1. The standard InChI is InChI=1S/C8H18N4O2/c1-4-12(3)8(13)10-6(2)5-7(9)11-14/h6,14H,4-5H2,1-3H3,(H2,9,11)(H,10,13). The predicted octanol–water partition coefficient (Wildman–Crippen LogP) is 0.173. The number of nitrogens with zero attached hydrogens (tertiary/aromatic N) is 2. The van der Waals surface area contributed by atoms with Crippen LogP contribution in [0, 0.1) is 0 Å². The quantitative estimate of drug-likeness (QED) is 0.263. The second-order valence-electron chi connectivity index (χ2n) is 3.16. The maximum absolute atomic E-state index is 11.3. The molecule has 0 radical (unpaired) electrons. The summed E-state index contributed by atoms with van der Waals surface area (Å²) in [6.45, 7) is 4.31. The van der Waals surface area contributed by atoms with Gasteiger partial charge < -0.3 is 21.2 Å². The first-order valence-electron chi connectivity index (χ1n) is 4.49. The number of amides is 2. The van der Waals surface area contributed by atoms with Crippen molar-refractivity contribution in [2.24, 2.45) is 10.9 Å². The monoisotopic (exact) mass is 202 g/mol. The number of rotatable bonds is 4. The summed E-state index contributed by atoms with van der Waals surface area (Å²) in [5.74, 6) is 0.108. The molecule has 0 aliphatic heterocycles. The Kier molecular flexibility index (Phi) is 5.43. The van der Waals surface area contributed by atoms with E-state index < -0.39 is 0 Å². The van der Waals surface area contributed by atoms with Gasteiger partial charge in [0.2, 0.25) is 0 Å². The maximum Gasteiger partial charge on any atom is 0.317 e. The molecular weight excluding hydrogens is 184 g/mol. The number of carbonyl (C=O) groups is 1. The molecule has 14 heavy (non-hydrogen) atoms. The highest BCUT2D eigenvalue weighted by atomic mass is 16.4. The van der Waals surface area contributed by atoms with Crippen LogP contribution in [0.4, 0.5) is 4.79 Å². The Morgan fingerprint density at radius 1 is 1.71 bits per heavy atom. The summed E-state index contributed by atoms with van der Waals surface area (Å²) in [6, 6.07) is -0.307. The van der Waals surface area contributed by atoms with Crippen molar-refractivity contribution in [2.75, 3.05) is 13.6 Å². The van der Waals surface area contributed by atoms with E-state index in [0.717, 1.165) is 0 Å². The molecule has 6 heteroatoms. The zero-order valence-electron chi connectivity index (χ0n) is 8.82. The number of amidine groups is 1. The molecule has 4 N–H and O–H groups in total. The van der Waals surface area contributed by atoms with E-state index in [9.17, 15) is 4.79 Å². The second-order valence-corrected chi connectivity index (χ2v) is 3.16. The van der Waals surface area contributed by atoms with Gasteiger partial charge in [-0.1, -0.05) is 5.16 Å². The first-order chi connectivity index (χ1) is 6.51. The summed E-state index contributed by atoms with van der Waals surface area (Å²) in [5, 5.41) is 13.9. The van der Waals surface area contributed by atoms with Crippen LogP contribution in [0.5, 0.6) is 0 Å². The molecule has 0 fully saturated rings. The van der Waals surface area contributed by atoms with Gasteiger partial charge >= 0.3 is 6.03 Å². The summed E-state index contributed by atoms with van der Waals surface area (Å²) in [6.07, 6.45) is 0.333. The molecule has 0 spiro atoms. The lowest BCUT2D eigenvalue weighted by atomic mass is 10.2. The summed E-state index contributed by atoms with van der Waals surface area (Å²) >= 11 is 0. The van der Waals surface area contributed by atoms with Gasteiger partial charge in [0.25, 0.3) is 0 Å². The highest BCUT2D eigenvalue weighted by Crippen LogP contribution is 1.92. The van der Waals surface area contributed by atoms with Gasteiger partial charge in [0, 0.05) is 26.1 Å². The normalized spacial score (nSPS) is 13.5. The average molecular weight is 202 g/mol. The lowest BCUT2D eigenvalue weighted by Crippen LogP contribution is -2.43. The molecule has 0 aromatic rings. The molecule has 1 unspecified atom stereocenters. The van der Waals surface area contributed by atoms with E-state index in [1.165, 1.54) is 0 Å². The Balaban J connectivity index is 3.94. The molecule has 1 atom stereocenters. The number of nitrogens with one attached hydrogen (secondary N) is 1. The lowest BCUT2D eigenvalue weighted by molar-refractivity contribution is 0.208. The Hall–Kier alpha value is -1.46. The van der Waals surface area contributed by atoms with E-state index in [4.69, 9.17) is 10.9 Å². The van der Waals surface area contributed by atoms with Crippen LogP contribution < -0.4 is 11.1 Å². The third-order valence-corrected chi connectivity index (χ3v) is 1.83. The van der Waals surface area contributed by atoms with Crippen molar-refractivity contribution in [3.05, 3.63) is 0 Å².